The number of rotatable bonds is 3. The van der Waals surface area contributed by atoms with Gasteiger partial charge in [0.25, 0.3) is 0 Å². The van der Waals surface area contributed by atoms with E-state index in [-0.39, 0.29) is 17.8 Å². The zero-order valence-electron chi connectivity index (χ0n) is 10.2. The topological polar surface area (TPSA) is 17.1 Å². The standard InChI is InChI=1S/C15H11BrF2O/c1-9-5-10(7-11(16)6-9)15(19)8-12-13(17)3-2-4-14(12)18/h2-7H,8H2,1H3. The van der Waals surface area contributed by atoms with E-state index in [1.165, 1.54) is 6.07 Å². The van der Waals surface area contributed by atoms with Gasteiger partial charge in [-0.2, -0.15) is 0 Å². The van der Waals surface area contributed by atoms with E-state index in [0.717, 1.165) is 22.2 Å². The van der Waals surface area contributed by atoms with Crippen molar-refractivity contribution in [2.75, 3.05) is 0 Å². The van der Waals surface area contributed by atoms with Crippen LogP contribution in [0.1, 0.15) is 21.5 Å². The molecule has 0 aromatic heterocycles. The van der Waals surface area contributed by atoms with Gasteiger partial charge in [0, 0.05) is 22.0 Å². The van der Waals surface area contributed by atoms with Crippen molar-refractivity contribution in [3.05, 3.63) is 69.2 Å². The smallest absolute Gasteiger partial charge is 0.167 e. The molecular formula is C15H11BrF2O. The van der Waals surface area contributed by atoms with Crippen LogP contribution >= 0.6 is 15.9 Å². The van der Waals surface area contributed by atoms with Gasteiger partial charge in [0.05, 0.1) is 0 Å². The van der Waals surface area contributed by atoms with E-state index in [1.54, 1.807) is 12.1 Å². The van der Waals surface area contributed by atoms with Crippen LogP contribution < -0.4 is 0 Å². The number of carbonyl (C=O) groups is 1. The molecule has 0 aliphatic heterocycles. The van der Waals surface area contributed by atoms with Gasteiger partial charge in [0.1, 0.15) is 11.6 Å². The summed E-state index contributed by atoms with van der Waals surface area (Å²) >= 11 is 3.30. The molecule has 98 valence electrons. The van der Waals surface area contributed by atoms with Gasteiger partial charge in [-0.3, -0.25) is 4.79 Å². The molecule has 2 aromatic rings. The number of benzene rings is 2. The molecule has 0 radical (unpaired) electrons. The molecule has 0 N–H and O–H groups in total. The van der Waals surface area contributed by atoms with E-state index in [0.29, 0.717) is 5.56 Å². The zero-order chi connectivity index (χ0) is 14.0. The van der Waals surface area contributed by atoms with Crippen LogP contribution in [0.4, 0.5) is 8.78 Å². The molecule has 2 aromatic carbocycles. The summed E-state index contributed by atoms with van der Waals surface area (Å²) in [5, 5.41) is 0. The third-order valence-electron chi connectivity index (χ3n) is 2.76. The normalized spacial score (nSPS) is 10.5. The quantitative estimate of drug-likeness (QED) is 0.762. The van der Waals surface area contributed by atoms with Gasteiger partial charge in [-0.05, 0) is 42.8 Å². The third-order valence-corrected chi connectivity index (χ3v) is 3.22. The fourth-order valence-electron chi connectivity index (χ4n) is 1.86. The summed E-state index contributed by atoms with van der Waals surface area (Å²) in [5.41, 5.74) is 1.16. The highest BCUT2D eigenvalue weighted by Gasteiger charge is 2.15. The first-order chi connectivity index (χ1) is 8.97. The van der Waals surface area contributed by atoms with Crippen LogP contribution in [0.2, 0.25) is 0 Å². The predicted octanol–water partition coefficient (Wildman–Crippen LogP) is 4.46. The van der Waals surface area contributed by atoms with Crippen molar-refractivity contribution in [1.29, 1.82) is 0 Å². The first kappa shape index (κ1) is 13.9. The predicted molar refractivity (Wildman–Crippen MR) is 73.3 cm³/mol. The lowest BCUT2D eigenvalue weighted by atomic mass is 10.0. The molecule has 0 aliphatic carbocycles. The average Bonchev–Trinajstić information content (AvgIpc) is 2.32. The highest BCUT2D eigenvalue weighted by atomic mass is 79.9. The number of aryl methyl sites for hydroxylation is 1. The molecule has 0 saturated heterocycles. The lowest BCUT2D eigenvalue weighted by molar-refractivity contribution is 0.0990. The first-order valence-electron chi connectivity index (χ1n) is 5.70. The molecule has 2 rings (SSSR count). The number of ketones is 1. The number of hydrogen-bond donors (Lipinski definition) is 0. The Morgan fingerprint density at radius 1 is 1.16 bits per heavy atom. The molecule has 0 bridgehead atoms. The van der Waals surface area contributed by atoms with Crippen LogP contribution in [0.25, 0.3) is 0 Å². The molecule has 0 fully saturated rings. The van der Waals surface area contributed by atoms with Gasteiger partial charge >= 0.3 is 0 Å². The van der Waals surface area contributed by atoms with Crippen molar-refractivity contribution < 1.29 is 13.6 Å². The first-order valence-corrected chi connectivity index (χ1v) is 6.50. The van der Waals surface area contributed by atoms with Gasteiger partial charge in [-0.1, -0.05) is 22.0 Å². The minimum absolute atomic E-state index is 0.190. The number of Topliss-reactive ketones (excluding diaryl/α,β-unsaturated/α-hetero) is 1. The SMILES string of the molecule is Cc1cc(Br)cc(C(=O)Cc2c(F)cccc2F)c1. The Morgan fingerprint density at radius 2 is 1.79 bits per heavy atom. The molecule has 4 heteroatoms. The summed E-state index contributed by atoms with van der Waals surface area (Å²) < 4.78 is 27.7. The van der Waals surface area contributed by atoms with Crippen LogP contribution in [-0.4, -0.2) is 5.78 Å². The van der Waals surface area contributed by atoms with Crippen molar-refractivity contribution in [3.8, 4) is 0 Å². The van der Waals surface area contributed by atoms with Crippen molar-refractivity contribution in [3.63, 3.8) is 0 Å². The molecule has 0 saturated carbocycles. The van der Waals surface area contributed by atoms with Gasteiger partial charge in [-0.15, -0.1) is 0 Å². The molecular weight excluding hydrogens is 314 g/mol. The van der Waals surface area contributed by atoms with Crippen LogP contribution in [0, 0.1) is 18.6 Å². The highest BCUT2D eigenvalue weighted by molar-refractivity contribution is 9.10. The maximum atomic E-state index is 13.5. The summed E-state index contributed by atoms with van der Waals surface area (Å²) in [4.78, 5) is 12.1. The van der Waals surface area contributed by atoms with Gasteiger partial charge in [0.2, 0.25) is 0 Å². The minimum Gasteiger partial charge on any atom is -0.294 e. The fourth-order valence-corrected chi connectivity index (χ4v) is 2.47. The summed E-state index contributed by atoms with van der Waals surface area (Å²) in [6, 6.07) is 8.79. The lowest BCUT2D eigenvalue weighted by Crippen LogP contribution is -2.07. The largest absolute Gasteiger partial charge is 0.294 e. The molecule has 19 heavy (non-hydrogen) atoms. The van der Waals surface area contributed by atoms with Gasteiger partial charge in [-0.25, -0.2) is 8.78 Å². The van der Waals surface area contributed by atoms with Crippen LogP contribution in [-0.2, 0) is 6.42 Å². The Kier molecular flexibility index (Phi) is 4.10. The highest BCUT2D eigenvalue weighted by Crippen LogP contribution is 2.19. The second kappa shape index (κ2) is 5.61. The van der Waals surface area contributed by atoms with E-state index in [1.807, 2.05) is 13.0 Å². The van der Waals surface area contributed by atoms with Gasteiger partial charge in [0.15, 0.2) is 5.78 Å². The zero-order valence-corrected chi connectivity index (χ0v) is 11.8. The average molecular weight is 325 g/mol. The van der Waals surface area contributed by atoms with Crippen molar-refractivity contribution in [2.24, 2.45) is 0 Å². The molecule has 0 heterocycles. The number of hydrogen-bond acceptors (Lipinski definition) is 1. The second-order valence-corrected chi connectivity index (χ2v) is 5.23. The molecule has 0 aliphatic rings. The van der Waals surface area contributed by atoms with Gasteiger partial charge < -0.3 is 0 Å². The van der Waals surface area contributed by atoms with Crippen LogP contribution in [0.15, 0.2) is 40.9 Å². The van der Waals surface area contributed by atoms with Crippen molar-refractivity contribution in [2.45, 2.75) is 13.3 Å². The second-order valence-electron chi connectivity index (χ2n) is 4.32. The van der Waals surface area contributed by atoms with Crippen molar-refractivity contribution in [1.82, 2.24) is 0 Å². The summed E-state index contributed by atoms with van der Waals surface area (Å²) in [6.07, 6.45) is -0.283. The van der Waals surface area contributed by atoms with E-state index in [4.69, 9.17) is 0 Å². The Balaban J connectivity index is 2.31. The molecule has 0 spiro atoms. The van der Waals surface area contributed by atoms with E-state index < -0.39 is 11.6 Å². The fraction of sp³-hybridized carbons (Fsp3) is 0.133. The summed E-state index contributed by atoms with van der Waals surface area (Å²) in [7, 11) is 0. The molecule has 0 amide bonds. The van der Waals surface area contributed by atoms with E-state index >= 15 is 0 Å². The summed E-state index contributed by atoms with van der Waals surface area (Å²) in [6.45, 7) is 1.85. The Hall–Kier alpha value is -1.55. The van der Waals surface area contributed by atoms with Crippen LogP contribution in [0.3, 0.4) is 0 Å². The van der Waals surface area contributed by atoms with E-state index in [2.05, 4.69) is 15.9 Å². The Morgan fingerprint density at radius 3 is 2.37 bits per heavy atom. The molecule has 0 atom stereocenters. The number of halogens is 3. The third kappa shape index (κ3) is 3.26. The minimum atomic E-state index is -0.694. The van der Waals surface area contributed by atoms with E-state index in [9.17, 15) is 13.6 Å². The summed E-state index contributed by atoms with van der Waals surface area (Å²) in [5.74, 6) is -1.70. The maximum Gasteiger partial charge on any atom is 0.167 e. The lowest BCUT2D eigenvalue weighted by Gasteiger charge is -2.06. The molecule has 0 unspecified atom stereocenters. The van der Waals surface area contributed by atoms with Crippen LogP contribution in [0.5, 0.6) is 0 Å². The number of carbonyl (C=O) groups excluding carboxylic acids is 1. The Labute approximate surface area is 118 Å². The Bertz CT molecular complexity index is 598. The molecule has 1 nitrogen and oxygen atoms in total. The monoisotopic (exact) mass is 324 g/mol. The van der Waals surface area contributed by atoms with Crippen molar-refractivity contribution >= 4 is 21.7 Å². The maximum absolute atomic E-state index is 13.5.